The van der Waals surface area contributed by atoms with Crippen molar-refractivity contribution >= 4 is 34.3 Å². The van der Waals surface area contributed by atoms with Crippen molar-refractivity contribution in [1.82, 2.24) is 0 Å². The second-order valence-corrected chi connectivity index (χ2v) is 5.37. The van der Waals surface area contributed by atoms with Crippen LogP contribution in [0.4, 0.5) is 5.69 Å². The Morgan fingerprint density at radius 3 is 2.52 bits per heavy atom. The molecule has 0 spiro atoms. The molecule has 0 aliphatic heterocycles. The highest BCUT2D eigenvalue weighted by Gasteiger charge is 2.16. The minimum Gasteiger partial charge on any atom is -0.450 e. The first-order valence-electron chi connectivity index (χ1n) is 7.60. The van der Waals surface area contributed by atoms with Crippen LogP contribution in [0.3, 0.4) is 0 Å². The average Bonchev–Trinajstić information content (AvgIpc) is 3.04. The molecule has 0 aliphatic carbocycles. The van der Waals surface area contributed by atoms with Crippen molar-refractivity contribution in [2.75, 3.05) is 11.9 Å². The van der Waals surface area contributed by atoms with Gasteiger partial charge in [-0.25, -0.2) is 4.79 Å². The average molecular weight is 337 g/mol. The van der Waals surface area contributed by atoms with E-state index in [9.17, 15) is 14.4 Å². The third-order valence-electron chi connectivity index (χ3n) is 3.54. The van der Waals surface area contributed by atoms with E-state index in [1.54, 1.807) is 48.5 Å². The Labute approximate surface area is 143 Å². The largest absolute Gasteiger partial charge is 0.450 e. The Hall–Kier alpha value is -3.41. The van der Waals surface area contributed by atoms with Gasteiger partial charge in [0.25, 0.3) is 5.91 Å². The van der Waals surface area contributed by atoms with Gasteiger partial charge in [0.1, 0.15) is 5.58 Å². The normalized spacial score (nSPS) is 10.4. The highest BCUT2D eigenvalue weighted by Crippen LogP contribution is 2.19. The number of carbonyl (C=O) groups excluding carboxylic acids is 3. The van der Waals surface area contributed by atoms with Crippen LogP contribution in [0.1, 0.15) is 27.8 Å². The SMILES string of the molecule is CC(=O)c1ccccc1NC(=O)COC(=O)c1cc2ccccc2o1. The van der Waals surface area contributed by atoms with Crippen LogP contribution in [-0.4, -0.2) is 24.3 Å². The zero-order valence-corrected chi connectivity index (χ0v) is 13.4. The maximum atomic E-state index is 12.0. The summed E-state index contributed by atoms with van der Waals surface area (Å²) in [7, 11) is 0. The van der Waals surface area contributed by atoms with E-state index < -0.39 is 18.5 Å². The van der Waals surface area contributed by atoms with Gasteiger partial charge < -0.3 is 14.5 Å². The van der Waals surface area contributed by atoms with Crippen LogP contribution in [0.25, 0.3) is 11.0 Å². The topological polar surface area (TPSA) is 85.6 Å². The fourth-order valence-electron chi connectivity index (χ4n) is 2.37. The van der Waals surface area contributed by atoms with Gasteiger partial charge in [-0.1, -0.05) is 30.3 Å². The number of hydrogen-bond acceptors (Lipinski definition) is 5. The van der Waals surface area contributed by atoms with Gasteiger partial charge in [0.15, 0.2) is 12.4 Å². The summed E-state index contributed by atoms with van der Waals surface area (Å²) in [6.07, 6.45) is 0. The molecule has 6 heteroatoms. The lowest BCUT2D eigenvalue weighted by molar-refractivity contribution is -0.119. The molecule has 3 aromatic rings. The zero-order chi connectivity index (χ0) is 17.8. The van der Waals surface area contributed by atoms with Crippen molar-refractivity contribution in [2.24, 2.45) is 0 Å². The second kappa shape index (κ2) is 7.00. The number of nitrogens with one attached hydrogen (secondary N) is 1. The predicted molar refractivity (Wildman–Crippen MR) is 91.6 cm³/mol. The number of amides is 1. The van der Waals surface area contributed by atoms with Crippen LogP contribution in [0, 0.1) is 0 Å². The van der Waals surface area contributed by atoms with E-state index in [4.69, 9.17) is 9.15 Å². The smallest absolute Gasteiger partial charge is 0.374 e. The molecule has 0 aliphatic rings. The number of benzene rings is 2. The van der Waals surface area contributed by atoms with Gasteiger partial charge in [0.2, 0.25) is 5.76 Å². The zero-order valence-electron chi connectivity index (χ0n) is 13.4. The first kappa shape index (κ1) is 16.4. The Kier molecular flexibility index (Phi) is 4.61. The van der Waals surface area contributed by atoms with Crippen LogP contribution >= 0.6 is 0 Å². The summed E-state index contributed by atoms with van der Waals surface area (Å²) in [6, 6.07) is 15.3. The van der Waals surface area contributed by atoms with Crippen LogP contribution in [0.15, 0.2) is 59.0 Å². The highest BCUT2D eigenvalue weighted by atomic mass is 16.5. The first-order chi connectivity index (χ1) is 12.0. The summed E-state index contributed by atoms with van der Waals surface area (Å²) < 4.78 is 10.3. The van der Waals surface area contributed by atoms with E-state index in [1.807, 2.05) is 6.07 Å². The number of rotatable bonds is 5. The fraction of sp³-hybridized carbons (Fsp3) is 0.105. The summed E-state index contributed by atoms with van der Waals surface area (Å²) in [5.41, 5.74) is 1.33. The molecular weight excluding hydrogens is 322 g/mol. The van der Waals surface area contributed by atoms with E-state index in [0.717, 1.165) is 5.39 Å². The predicted octanol–water partition coefficient (Wildman–Crippen LogP) is 3.43. The van der Waals surface area contributed by atoms with E-state index >= 15 is 0 Å². The molecule has 0 saturated heterocycles. The maximum absolute atomic E-state index is 12.0. The van der Waals surface area contributed by atoms with Gasteiger partial charge >= 0.3 is 5.97 Å². The van der Waals surface area contributed by atoms with Gasteiger partial charge in [-0.15, -0.1) is 0 Å². The number of anilines is 1. The van der Waals surface area contributed by atoms with Crippen molar-refractivity contribution in [3.63, 3.8) is 0 Å². The Bertz CT molecular complexity index is 924. The van der Waals surface area contributed by atoms with Gasteiger partial charge in [0.05, 0.1) is 5.69 Å². The number of hydrogen-bond donors (Lipinski definition) is 1. The van der Waals surface area contributed by atoms with E-state index in [0.29, 0.717) is 16.8 Å². The molecule has 1 N–H and O–H groups in total. The highest BCUT2D eigenvalue weighted by molar-refractivity contribution is 6.04. The number of ketones is 1. The van der Waals surface area contributed by atoms with E-state index in [-0.39, 0.29) is 11.5 Å². The van der Waals surface area contributed by atoms with Crippen LogP contribution in [0.2, 0.25) is 0 Å². The Balaban J connectivity index is 1.62. The van der Waals surface area contributed by atoms with Crippen LogP contribution < -0.4 is 5.32 Å². The molecule has 25 heavy (non-hydrogen) atoms. The van der Waals surface area contributed by atoms with Gasteiger partial charge in [0, 0.05) is 10.9 Å². The lowest BCUT2D eigenvalue weighted by atomic mass is 10.1. The molecule has 126 valence electrons. The van der Waals surface area contributed by atoms with E-state index in [2.05, 4.69) is 5.32 Å². The minimum atomic E-state index is -0.730. The third kappa shape index (κ3) is 3.74. The molecule has 2 aromatic carbocycles. The van der Waals surface area contributed by atoms with E-state index in [1.165, 1.54) is 6.92 Å². The molecule has 0 radical (unpaired) electrons. The number of furan rings is 1. The van der Waals surface area contributed by atoms with Crippen molar-refractivity contribution in [3.05, 3.63) is 65.9 Å². The monoisotopic (exact) mass is 337 g/mol. The van der Waals surface area contributed by atoms with Crippen LogP contribution in [-0.2, 0) is 9.53 Å². The van der Waals surface area contributed by atoms with Crippen molar-refractivity contribution in [1.29, 1.82) is 0 Å². The molecule has 0 unspecified atom stereocenters. The van der Waals surface area contributed by atoms with Crippen molar-refractivity contribution in [3.8, 4) is 0 Å². The molecule has 0 fully saturated rings. The molecule has 0 bridgehead atoms. The molecule has 1 heterocycles. The minimum absolute atomic E-state index is 0.0261. The fourth-order valence-corrected chi connectivity index (χ4v) is 2.37. The maximum Gasteiger partial charge on any atom is 0.374 e. The Morgan fingerprint density at radius 2 is 1.76 bits per heavy atom. The van der Waals surface area contributed by atoms with Gasteiger partial charge in [-0.3, -0.25) is 9.59 Å². The number of Topliss-reactive ketones (excluding diaryl/α,β-unsaturated/α-hetero) is 1. The number of fused-ring (bicyclic) bond motifs is 1. The summed E-state index contributed by atoms with van der Waals surface area (Å²) >= 11 is 0. The number of para-hydroxylation sites is 2. The summed E-state index contributed by atoms with van der Waals surface area (Å²) in [4.78, 5) is 35.5. The third-order valence-corrected chi connectivity index (χ3v) is 3.54. The number of esters is 1. The van der Waals surface area contributed by atoms with Gasteiger partial charge in [-0.2, -0.15) is 0 Å². The molecule has 1 aromatic heterocycles. The van der Waals surface area contributed by atoms with Crippen molar-refractivity contribution in [2.45, 2.75) is 6.92 Å². The van der Waals surface area contributed by atoms with Crippen LogP contribution in [0.5, 0.6) is 0 Å². The molecular formula is C19H15NO5. The molecule has 0 saturated carbocycles. The lowest BCUT2D eigenvalue weighted by Gasteiger charge is -2.09. The summed E-state index contributed by atoms with van der Waals surface area (Å²) in [6.45, 7) is 0.925. The van der Waals surface area contributed by atoms with Crippen molar-refractivity contribution < 1.29 is 23.5 Å². The Morgan fingerprint density at radius 1 is 1.04 bits per heavy atom. The molecule has 6 nitrogen and oxygen atoms in total. The second-order valence-electron chi connectivity index (χ2n) is 5.37. The quantitative estimate of drug-likeness (QED) is 0.569. The molecule has 3 rings (SSSR count). The van der Waals surface area contributed by atoms with Gasteiger partial charge in [-0.05, 0) is 31.2 Å². The first-order valence-corrected chi connectivity index (χ1v) is 7.60. The standard InChI is InChI=1S/C19H15NO5/c1-12(21)14-7-3-4-8-15(14)20-18(22)11-24-19(23)17-10-13-6-2-5-9-16(13)25-17/h2-10H,11H2,1H3,(H,20,22). The molecule has 0 atom stereocenters. The lowest BCUT2D eigenvalue weighted by Crippen LogP contribution is -2.21. The number of carbonyl (C=O) groups is 3. The summed E-state index contributed by atoms with van der Waals surface area (Å²) in [5, 5.41) is 3.33. The molecule has 1 amide bonds. The number of ether oxygens (including phenoxy) is 1. The summed E-state index contributed by atoms with van der Waals surface area (Å²) in [5.74, 6) is -1.42.